The molecule has 114 valence electrons. The Balaban J connectivity index is 2.21. The monoisotopic (exact) mass is 316 g/mol. The topological polar surface area (TPSA) is 73.6 Å². The molecule has 0 fully saturated rings. The Morgan fingerprint density at radius 1 is 1.36 bits per heavy atom. The summed E-state index contributed by atoms with van der Waals surface area (Å²) in [5, 5.41) is 18.2. The number of rotatable bonds is 6. The van der Waals surface area contributed by atoms with Crippen LogP contribution < -0.4 is 4.74 Å². The molecule has 6 heteroatoms. The number of hydrogen-bond acceptors (Lipinski definition) is 5. The molecule has 0 aliphatic heterocycles. The standard InChI is InChI=1S/C16H16N2O3S/c1-18(2)7-8-21-13-4-3-11(9-12(13)10-17)14-5-6-15(22-14)16(19)20/h3-6,9H,7-8H2,1-2H3,(H,19,20). The second-order valence-electron chi connectivity index (χ2n) is 4.94. The van der Waals surface area contributed by atoms with Crippen LogP contribution in [0.5, 0.6) is 5.75 Å². The van der Waals surface area contributed by atoms with Crippen molar-refractivity contribution >= 4 is 17.3 Å². The molecule has 0 atom stereocenters. The normalized spacial score (nSPS) is 10.5. The average Bonchev–Trinajstić information content (AvgIpc) is 2.97. The smallest absolute Gasteiger partial charge is 0.345 e. The van der Waals surface area contributed by atoms with Gasteiger partial charge in [0.15, 0.2) is 0 Å². The summed E-state index contributed by atoms with van der Waals surface area (Å²) in [4.78, 5) is 14.0. The van der Waals surface area contributed by atoms with E-state index in [2.05, 4.69) is 6.07 Å². The van der Waals surface area contributed by atoms with E-state index < -0.39 is 5.97 Å². The van der Waals surface area contributed by atoms with Crippen molar-refractivity contribution in [1.82, 2.24) is 4.90 Å². The minimum atomic E-state index is -0.944. The van der Waals surface area contributed by atoms with Crippen LogP contribution >= 0.6 is 11.3 Å². The van der Waals surface area contributed by atoms with Gasteiger partial charge < -0.3 is 14.7 Å². The highest BCUT2D eigenvalue weighted by Crippen LogP contribution is 2.31. The highest BCUT2D eigenvalue weighted by atomic mass is 32.1. The second-order valence-corrected chi connectivity index (χ2v) is 6.03. The van der Waals surface area contributed by atoms with Crippen LogP contribution in [0.4, 0.5) is 0 Å². The van der Waals surface area contributed by atoms with Gasteiger partial charge in [0.1, 0.15) is 23.3 Å². The molecule has 0 saturated heterocycles. The average molecular weight is 316 g/mol. The van der Waals surface area contributed by atoms with E-state index in [-0.39, 0.29) is 4.88 Å². The van der Waals surface area contributed by atoms with E-state index in [0.717, 1.165) is 17.0 Å². The number of carboxylic acids is 1. The number of thiophene rings is 1. The van der Waals surface area contributed by atoms with Gasteiger partial charge in [-0.15, -0.1) is 11.3 Å². The van der Waals surface area contributed by atoms with Crippen LogP contribution in [-0.4, -0.2) is 43.2 Å². The first-order valence-electron chi connectivity index (χ1n) is 6.66. The lowest BCUT2D eigenvalue weighted by atomic mass is 10.1. The Morgan fingerprint density at radius 2 is 2.14 bits per heavy atom. The van der Waals surface area contributed by atoms with E-state index in [9.17, 15) is 10.1 Å². The van der Waals surface area contributed by atoms with Gasteiger partial charge in [0.25, 0.3) is 0 Å². The highest BCUT2D eigenvalue weighted by Gasteiger charge is 2.11. The van der Waals surface area contributed by atoms with Crippen LogP contribution in [0, 0.1) is 11.3 Å². The van der Waals surface area contributed by atoms with Crippen molar-refractivity contribution in [1.29, 1.82) is 5.26 Å². The second kappa shape index (κ2) is 7.07. The van der Waals surface area contributed by atoms with Crippen LogP contribution in [0.25, 0.3) is 10.4 Å². The summed E-state index contributed by atoms with van der Waals surface area (Å²) in [5.74, 6) is -0.400. The van der Waals surface area contributed by atoms with Crippen molar-refractivity contribution in [2.75, 3.05) is 27.2 Å². The molecular formula is C16H16N2O3S. The fourth-order valence-corrected chi connectivity index (χ4v) is 2.68. The van der Waals surface area contributed by atoms with Crippen LogP contribution in [0.1, 0.15) is 15.2 Å². The van der Waals surface area contributed by atoms with Crippen molar-refractivity contribution in [2.24, 2.45) is 0 Å². The number of likely N-dealkylation sites (N-methyl/N-ethyl adjacent to an activating group) is 1. The predicted octanol–water partition coefficient (Wildman–Crippen LogP) is 2.93. The molecule has 0 unspecified atom stereocenters. The zero-order valence-electron chi connectivity index (χ0n) is 12.4. The summed E-state index contributed by atoms with van der Waals surface area (Å²) in [6.07, 6.45) is 0. The molecule has 0 saturated carbocycles. The van der Waals surface area contributed by atoms with Gasteiger partial charge in [-0.3, -0.25) is 0 Å². The molecule has 0 spiro atoms. The molecule has 5 nitrogen and oxygen atoms in total. The van der Waals surface area contributed by atoms with E-state index in [1.165, 1.54) is 11.3 Å². The molecule has 0 bridgehead atoms. The quantitative estimate of drug-likeness (QED) is 0.887. The zero-order valence-corrected chi connectivity index (χ0v) is 13.2. The molecular weight excluding hydrogens is 300 g/mol. The van der Waals surface area contributed by atoms with Gasteiger partial charge in [-0.05, 0) is 50.0 Å². The summed E-state index contributed by atoms with van der Waals surface area (Å²) in [6.45, 7) is 1.27. The largest absolute Gasteiger partial charge is 0.491 e. The lowest BCUT2D eigenvalue weighted by molar-refractivity contribution is 0.0702. The molecule has 0 aliphatic rings. The van der Waals surface area contributed by atoms with Gasteiger partial charge >= 0.3 is 5.97 Å². The van der Waals surface area contributed by atoms with Crippen molar-refractivity contribution in [2.45, 2.75) is 0 Å². The van der Waals surface area contributed by atoms with E-state index in [0.29, 0.717) is 17.9 Å². The maximum atomic E-state index is 10.9. The maximum absolute atomic E-state index is 10.9. The zero-order chi connectivity index (χ0) is 16.1. The van der Waals surface area contributed by atoms with Crippen molar-refractivity contribution in [3.8, 4) is 22.3 Å². The van der Waals surface area contributed by atoms with Crippen LogP contribution in [0.15, 0.2) is 30.3 Å². The van der Waals surface area contributed by atoms with Crippen molar-refractivity contribution in [3.63, 3.8) is 0 Å². The van der Waals surface area contributed by atoms with Crippen LogP contribution in [-0.2, 0) is 0 Å². The number of hydrogen-bond donors (Lipinski definition) is 1. The number of benzene rings is 1. The van der Waals surface area contributed by atoms with E-state index in [4.69, 9.17) is 9.84 Å². The van der Waals surface area contributed by atoms with Crippen LogP contribution in [0.3, 0.4) is 0 Å². The first-order chi connectivity index (χ1) is 10.5. The molecule has 0 aliphatic carbocycles. The summed E-state index contributed by atoms with van der Waals surface area (Å²) >= 11 is 1.18. The molecule has 0 amide bonds. The SMILES string of the molecule is CN(C)CCOc1ccc(-c2ccc(C(=O)O)s2)cc1C#N. The van der Waals surface area contributed by atoms with Crippen LogP contribution in [0.2, 0.25) is 0 Å². The van der Waals surface area contributed by atoms with Gasteiger partial charge in [-0.2, -0.15) is 5.26 Å². The Bertz CT molecular complexity index is 716. The number of carbonyl (C=O) groups is 1. The number of carboxylic acid groups (broad SMARTS) is 1. The predicted molar refractivity (Wildman–Crippen MR) is 85.5 cm³/mol. The van der Waals surface area contributed by atoms with Crippen molar-refractivity contribution < 1.29 is 14.6 Å². The Kier molecular flexibility index (Phi) is 5.15. The van der Waals surface area contributed by atoms with E-state index >= 15 is 0 Å². The van der Waals surface area contributed by atoms with Gasteiger partial charge in [0.2, 0.25) is 0 Å². The van der Waals surface area contributed by atoms with Gasteiger partial charge in [-0.1, -0.05) is 0 Å². The molecule has 1 aromatic heterocycles. The number of aromatic carboxylic acids is 1. The maximum Gasteiger partial charge on any atom is 0.345 e. The first-order valence-corrected chi connectivity index (χ1v) is 7.48. The lowest BCUT2D eigenvalue weighted by Crippen LogP contribution is -2.19. The van der Waals surface area contributed by atoms with E-state index in [1.54, 1.807) is 24.3 Å². The van der Waals surface area contributed by atoms with E-state index in [1.807, 2.05) is 25.1 Å². The minimum Gasteiger partial charge on any atom is -0.491 e. The summed E-state index contributed by atoms with van der Waals surface area (Å²) in [7, 11) is 3.91. The molecule has 2 rings (SSSR count). The number of nitriles is 1. The summed E-state index contributed by atoms with van der Waals surface area (Å²) in [6, 6.07) is 10.8. The third-order valence-corrected chi connectivity index (χ3v) is 4.12. The van der Waals surface area contributed by atoms with Crippen molar-refractivity contribution in [3.05, 3.63) is 40.8 Å². The summed E-state index contributed by atoms with van der Waals surface area (Å²) < 4.78 is 5.62. The summed E-state index contributed by atoms with van der Waals surface area (Å²) in [5.41, 5.74) is 1.26. The molecule has 1 N–H and O–H groups in total. The Labute approximate surface area is 133 Å². The Hall–Kier alpha value is -2.36. The number of ether oxygens (including phenoxy) is 1. The van der Waals surface area contributed by atoms with Gasteiger partial charge in [-0.25, -0.2) is 4.79 Å². The fraction of sp³-hybridized carbons (Fsp3) is 0.250. The lowest BCUT2D eigenvalue weighted by Gasteiger charge is -2.12. The third-order valence-electron chi connectivity index (χ3n) is 3.00. The molecule has 2 aromatic rings. The molecule has 0 radical (unpaired) electrons. The number of nitrogens with zero attached hydrogens (tertiary/aromatic N) is 2. The fourth-order valence-electron chi connectivity index (χ4n) is 1.84. The molecule has 1 heterocycles. The first kappa shape index (κ1) is 16.0. The molecule has 22 heavy (non-hydrogen) atoms. The third kappa shape index (κ3) is 3.85. The highest BCUT2D eigenvalue weighted by molar-refractivity contribution is 7.17. The Morgan fingerprint density at radius 3 is 2.73 bits per heavy atom. The minimum absolute atomic E-state index is 0.278. The van der Waals surface area contributed by atoms with Gasteiger partial charge in [0, 0.05) is 11.4 Å². The van der Waals surface area contributed by atoms with Gasteiger partial charge in [0.05, 0.1) is 5.56 Å². The molecule has 1 aromatic carbocycles.